The van der Waals surface area contributed by atoms with E-state index in [0.29, 0.717) is 37.4 Å². The summed E-state index contributed by atoms with van der Waals surface area (Å²) < 4.78 is 35.2. The van der Waals surface area contributed by atoms with Gasteiger partial charge in [0.25, 0.3) is 10.0 Å². The molecule has 0 aliphatic heterocycles. The zero-order valence-electron chi connectivity index (χ0n) is 23.8. The molecule has 0 radical (unpaired) electrons. The van der Waals surface area contributed by atoms with Crippen LogP contribution in [0.3, 0.4) is 0 Å². The van der Waals surface area contributed by atoms with Crippen molar-refractivity contribution in [1.29, 1.82) is 0 Å². The summed E-state index contributed by atoms with van der Waals surface area (Å²) in [6.45, 7) is 6.42. The molecule has 0 saturated carbocycles. The first-order chi connectivity index (χ1) is 19.7. The summed E-state index contributed by atoms with van der Waals surface area (Å²) >= 11 is 3.35. The first-order valence-electron chi connectivity index (χ1n) is 13.8. The van der Waals surface area contributed by atoms with Crippen LogP contribution in [0.2, 0.25) is 0 Å². The Bertz CT molecular complexity index is 1370. The summed E-state index contributed by atoms with van der Waals surface area (Å²) in [6, 6.07) is 21.8. The van der Waals surface area contributed by atoms with Gasteiger partial charge in [0.15, 0.2) is 0 Å². The van der Waals surface area contributed by atoms with E-state index < -0.39 is 28.5 Å². The van der Waals surface area contributed by atoms with Crippen LogP contribution in [0, 0.1) is 0 Å². The third kappa shape index (κ3) is 8.81. The lowest BCUT2D eigenvalue weighted by Crippen LogP contribution is -2.53. The number of hydrogen-bond acceptors (Lipinski definition) is 5. The fourth-order valence-electron chi connectivity index (χ4n) is 4.40. The average molecular weight is 645 g/mol. The second kappa shape index (κ2) is 15.6. The number of carbonyl (C=O) groups excluding carboxylic acids is 2. The summed E-state index contributed by atoms with van der Waals surface area (Å²) in [5.74, 6) is -0.125. The third-order valence-electron chi connectivity index (χ3n) is 6.54. The van der Waals surface area contributed by atoms with Crippen molar-refractivity contribution in [2.75, 3.05) is 30.5 Å². The van der Waals surface area contributed by atoms with Crippen molar-refractivity contribution in [3.8, 4) is 5.75 Å². The quantitative estimate of drug-likeness (QED) is 0.239. The van der Waals surface area contributed by atoms with Gasteiger partial charge in [0, 0.05) is 17.6 Å². The van der Waals surface area contributed by atoms with Crippen LogP contribution in [0.15, 0.2) is 88.2 Å². The SMILES string of the molecule is CCCNC(=O)C(CC)N(CCc1ccccc1)C(=O)CN(c1ccc(OCC)cc1)S(=O)(=O)c1ccc(Br)cc1. The zero-order chi connectivity index (χ0) is 29.8. The summed E-state index contributed by atoms with van der Waals surface area (Å²) in [5, 5.41) is 2.90. The van der Waals surface area contributed by atoms with E-state index in [1.165, 1.54) is 17.0 Å². The number of hydrogen-bond donors (Lipinski definition) is 1. The molecule has 0 fully saturated rings. The van der Waals surface area contributed by atoms with Crippen LogP contribution in [-0.4, -0.2) is 57.4 Å². The van der Waals surface area contributed by atoms with Crippen LogP contribution >= 0.6 is 15.9 Å². The van der Waals surface area contributed by atoms with E-state index in [-0.39, 0.29) is 17.3 Å². The molecule has 3 aromatic carbocycles. The summed E-state index contributed by atoms with van der Waals surface area (Å²) in [7, 11) is -4.13. The van der Waals surface area contributed by atoms with Gasteiger partial charge in [-0.25, -0.2) is 8.42 Å². The minimum atomic E-state index is -4.13. The van der Waals surface area contributed by atoms with Crippen LogP contribution in [0.5, 0.6) is 5.75 Å². The van der Waals surface area contributed by atoms with Gasteiger partial charge in [0.1, 0.15) is 18.3 Å². The first-order valence-corrected chi connectivity index (χ1v) is 16.1. The Labute approximate surface area is 251 Å². The van der Waals surface area contributed by atoms with Crippen LogP contribution in [0.4, 0.5) is 5.69 Å². The molecule has 0 spiro atoms. The lowest BCUT2D eigenvalue weighted by molar-refractivity contribution is -0.139. The number of benzene rings is 3. The van der Waals surface area contributed by atoms with Crippen molar-refractivity contribution in [2.45, 2.75) is 51.0 Å². The Hall–Kier alpha value is -3.37. The number of nitrogens with one attached hydrogen (secondary N) is 1. The topological polar surface area (TPSA) is 96.0 Å². The van der Waals surface area contributed by atoms with Gasteiger partial charge in [-0.1, -0.05) is 60.1 Å². The van der Waals surface area contributed by atoms with E-state index in [9.17, 15) is 18.0 Å². The smallest absolute Gasteiger partial charge is 0.264 e. The fraction of sp³-hybridized carbons (Fsp3) is 0.355. The highest BCUT2D eigenvalue weighted by atomic mass is 79.9. The van der Waals surface area contributed by atoms with Crippen molar-refractivity contribution in [3.63, 3.8) is 0 Å². The van der Waals surface area contributed by atoms with Crippen molar-refractivity contribution in [3.05, 3.63) is 88.9 Å². The number of amides is 2. The Morgan fingerprint density at radius 3 is 2.17 bits per heavy atom. The van der Waals surface area contributed by atoms with Gasteiger partial charge >= 0.3 is 0 Å². The molecular weight excluding hydrogens is 606 g/mol. The van der Waals surface area contributed by atoms with E-state index in [1.54, 1.807) is 36.4 Å². The highest BCUT2D eigenvalue weighted by Gasteiger charge is 2.33. The van der Waals surface area contributed by atoms with Gasteiger partial charge in [0.2, 0.25) is 11.8 Å². The third-order valence-corrected chi connectivity index (χ3v) is 8.85. The standard InChI is InChI=1S/C31H38BrN3O5S/c1-4-21-33-31(37)29(5-2)34(22-20-24-10-8-7-9-11-24)30(36)23-35(26-14-16-27(17-15-26)40-6-3)41(38,39)28-18-12-25(32)13-19-28/h7-19,29H,4-6,20-23H2,1-3H3,(H,33,37). The van der Waals surface area contributed by atoms with Gasteiger partial charge in [-0.2, -0.15) is 0 Å². The van der Waals surface area contributed by atoms with Gasteiger partial charge in [-0.15, -0.1) is 0 Å². The molecule has 10 heteroatoms. The van der Waals surface area contributed by atoms with E-state index in [4.69, 9.17) is 4.74 Å². The Kier molecular flexibility index (Phi) is 12.2. The molecule has 1 N–H and O–H groups in total. The second-order valence-corrected chi connectivity index (χ2v) is 12.2. The van der Waals surface area contributed by atoms with Gasteiger partial charge in [-0.05, 0) is 80.3 Å². The summed E-state index contributed by atoms with van der Waals surface area (Å²) in [5.41, 5.74) is 1.33. The molecule has 1 unspecified atom stereocenters. The van der Waals surface area contributed by atoms with E-state index >= 15 is 0 Å². The van der Waals surface area contributed by atoms with E-state index in [1.807, 2.05) is 51.1 Å². The molecular formula is C31H38BrN3O5S. The van der Waals surface area contributed by atoms with Crippen LogP contribution in [-0.2, 0) is 26.0 Å². The number of rotatable bonds is 15. The molecule has 41 heavy (non-hydrogen) atoms. The van der Waals surface area contributed by atoms with Crippen molar-refractivity contribution < 1.29 is 22.7 Å². The number of halogens is 1. The zero-order valence-corrected chi connectivity index (χ0v) is 26.2. The maximum absolute atomic E-state index is 14.0. The molecule has 220 valence electrons. The first kappa shape index (κ1) is 32.1. The average Bonchev–Trinajstić information content (AvgIpc) is 2.98. The minimum Gasteiger partial charge on any atom is -0.494 e. The van der Waals surface area contributed by atoms with Crippen LogP contribution < -0.4 is 14.4 Å². The minimum absolute atomic E-state index is 0.0472. The largest absolute Gasteiger partial charge is 0.494 e. The van der Waals surface area contributed by atoms with Crippen molar-refractivity contribution >= 4 is 43.5 Å². The Morgan fingerprint density at radius 2 is 1.59 bits per heavy atom. The number of sulfonamides is 1. The highest BCUT2D eigenvalue weighted by Crippen LogP contribution is 2.27. The predicted octanol–water partition coefficient (Wildman–Crippen LogP) is 5.42. The maximum atomic E-state index is 14.0. The molecule has 0 saturated heterocycles. The molecule has 2 amide bonds. The normalized spacial score (nSPS) is 11.9. The number of anilines is 1. The molecule has 0 aliphatic rings. The molecule has 0 heterocycles. The molecule has 0 aliphatic carbocycles. The highest BCUT2D eigenvalue weighted by molar-refractivity contribution is 9.10. The van der Waals surface area contributed by atoms with E-state index in [0.717, 1.165) is 20.8 Å². The number of nitrogens with zero attached hydrogens (tertiary/aromatic N) is 2. The Morgan fingerprint density at radius 1 is 0.927 bits per heavy atom. The van der Waals surface area contributed by atoms with Gasteiger partial charge < -0.3 is 15.0 Å². The van der Waals surface area contributed by atoms with Gasteiger partial charge in [0.05, 0.1) is 17.2 Å². The molecule has 3 aromatic rings. The second-order valence-electron chi connectivity index (χ2n) is 9.43. The summed E-state index contributed by atoms with van der Waals surface area (Å²) in [4.78, 5) is 28.7. The van der Waals surface area contributed by atoms with Crippen LogP contribution in [0.1, 0.15) is 39.2 Å². The van der Waals surface area contributed by atoms with Crippen molar-refractivity contribution in [1.82, 2.24) is 10.2 Å². The summed E-state index contributed by atoms with van der Waals surface area (Å²) in [6.07, 6.45) is 1.67. The predicted molar refractivity (Wildman–Crippen MR) is 166 cm³/mol. The lowest BCUT2D eigenvalue weighted by Gasteiger charge is -2.33. The number of ether oxygens (including phenoxy) is 1. The fourth-order valence-corrected chi connectivity index (χ4v) is 6.08. The molecule has 3 rings (SSSR count). The van der Waals surface area contributed by atoms with Gasteiger partial charge in [-0.3, -0.25) is 13.9 Å². The lowest BCUT2D eigenvalue weighted by atomic mass is 10.1. The monoisotopic (exact) mass is 643 g/mol. The molecule has 8 nitrogen and oxygen atoms in total. The number of carbonyl (C=O) groups is 2. The maximum Gasteiger partial charge on any atom is 0.264 e. The molecule has 1 atom stereocenters. The Balaban J connectivity index is 2.00. The van der Waals surface area contributed by atoms with Crippen molar-refractivity contribution in [2.24, 2.45) is 0 Å². The molecule has 0 aromatic heterocycles. The van der Waals surface area contributed by atoms with E-state index in [2.05, 4.69) is 21.2 Å². The van der Waals surface area contributed by atoms with Crippen LogP contribution in [0.25, 0.3) is 0 Å². The molecule has 0 bridgehead atoms.